The predicted molar refractivity (Wildman–Crippen MR) is 155 cm³/mol. The molecule has 2 aromatic carbocycles. The molecular weight excluding hydrogens is 551 g/mol. The first-order chi connectivity index (χ1) is 17.7. The van der Waals surface area contributed by atoms with Gasteiger partial charge in [-0.25, -0.2) is 4.74 Å². The summed E-state index contributed by atoms with van der Waals surface area (Å²) in [5, 5.41) is 11.4. The predicted octanol–water partition coefficient (Wildman–Crippen LogP) is 8.04. The fourth-order valence-electron chi connectivity index (χ4n) is 6.20. The number of benzene rings is 2. The number of rotatable bonds is 5. The summed E-state index contributed by atoms with van der Waals surface area (Å²) < 4.78 is 14.8. The van der Waals surface area contributed by atoms with Crippen molar-refractivity contribution in [3.8, 4) is 0 Å². The molecule has 2 fully saturated rings. The average molecular weight is 587 g/mol. The summed E-state index contributed by atoms with van der Waals surface area (Å²) in [6, 6.07) is 13.7. The Labute approximate surface area is 228 Å². The Morgan fingerprint density at radius 2 is 1.84 bits per heavy atom. The Hall–Kier alpha value is -1.99. The zero-order valence-corrected chi connectivity index (χ0v) is 24.4. The van der Waals surface area contributed by atoms with Crippen LogP contribution in [0.1, 0.15) is 51.5 Å². The lowest BCUT2D eigenvalue weighted by atomic mass is 9.84. The van der Waals surface area contributed by atoms with Crippen molar-refractivity contribution in [2.24, 2.45) is 4.74 Å². The number of likely N-dealkylation sites (N-methyl/N-ethyl adjacent to an activating group) is 1. The van der Waals surface area contributed by atoms with Crippen molar-refractivity contribution in [2.75, 3.05) is 38.3 Å². The van der Waals surface area contributed by atoms with Gasteiger partial charge in [0.1, 0.15) is 0 Å². The number of fused-ring (bicyclic) bond motifs is 1. The van der Waals surface area contributed by atoms with Gasteiger partial charge < -0.3 is 9.64 Å². The van der Waals surface area contributed by atoms with Gasteiger partial charge in [-0.05, 0) is 52.3 Å². The fourth-order valence-corrected chi connectivity index (χ4v) is 11.3. The van der Waals surface area contributed by atoms with E-state index in [1.807, 2.05) is 6.07 Å². The fraction of sp³-hybridized carbons (Fsp3) is 0.500. The second kappa shape index (κ2) is 10.6. The molecule has 1 saturated carbocycles. The van der Waals surface area contributed by atoms with Gasteiger partial charge in [0, 0.05) is 59.2 Å². The molecule has 0 amide bonds. The number of halogens is 1. The highest BCUT2D eigenvalue weighted by Crippen LogP contribution is 2.67. The Morgan fingerprint density at radius 1 is 1.14 bits per heavy atom. The molecule has 0 spiro atoms. The lowest BCUT2D eigenvalue weighted by molar-refractivity contribution is -0.384. The minimum absolute atomic E-state index is 0.0734. The van der Waals surface area contributed by atoms with Crippen molar-refractivity contribution in [3.05, 3.63) is 74.1 Å². The van der Waals surface area contributed by atoms with Gasteiger partial charge in [0.2, 0.25) is 0 Å². The number of hydrogen-bond donors (Lipinski definition) is 0. The maximum atomic E-state index is 11.4. The highest BCUT2D eigenvalue weighted by molar-refractivity contribution is 9.10. The van der Waals surface area contributed by atoms with Crippen LogP contribution in [0, 0.1) is 10.1 Å². The Balaban J connectivity index is 1.76. The first-order valence-electron chi connectivity index (χ1n) is 13.2. The van der Waals surface area contributed by atoms with E-state index in [-0.39, 0.29) is 16.0 Å². The number of non-ortho nitro benzene ring substituents is 1. The van der Waals surface area contributed by atoms with Crippen LogP contribution in [0.15, 0.2) is 63.2 Å². The molecule has 0 aromatic heterocycles. The Bertz CT molecular complexity index is 1240. The molecule has 198 valence electrons. The van der Waals surface area contributed by atoms with Gasteiger partial charge in [-0.3, -0.25) is 14.8 Å². The van der Waals surface area contributed by atoms with E-state index in [4.69, 9.17) is 9.48 Å². The van der Waals surface area contributed by atoms with Crippen LogP contribution in [-0.4, -0.2) is 48.6 Å². The summed E-state index contributed by atoms with van der Waals surface area (Å²) in [5.74, 6) is 2.54. The first kappa shape index (κ1) is 26.6. The number of allylic oxidation sites excluding steroid dienone is 1. The lowest BCUT2D eigenvalue weighted by Gasteiger charge is -2.44. The SMILES string of the molecule is CN1/C(=C\[P@@](=Nc2ccc([N+](=O)[O-])cc2Br)(C2CCCCC2)N2CCOCC2)C(C)(C)c2ccccc21. The number of ether oxygens (including phenoxy) is 1. The van der Waals surface area contributed by atoms with Gasteiger partial charge in [0.15, 0.2) is 0 Å². The monoisotopic (exact) mass is 586 g/mol. The lowest BCUT2D eigenvalue weighted by Crippen LogP contribution is -2.37. The van der Waals surface area contributed by atoms with Crippen LogP contribution in [0.25, 0.3) is 0 Å². The van der Waals surface area contributed by atoms with Crippen molar-refractivity contribution in [1.82, 2.24) is 4.67 Å². The van der Waals surface area contributed by atoms with Crippen LogP contribution >= 0.6 is 23.1 Å². The summed E-state index contributed by atoms with van der Waals surface area (Å²) >= 11 is 3.63. The summed E-state index contributed by atoms with van der Waals surface area (Å²) in [6.07, 6.45) is 6.02. The van der Waals surface area contributed by atoms with E-state index in [2.05, 4.69) is 76.5 Å². The molecule has 7 nitrogen and oxygen atoms in total. The van der Waals surface area contributed by atoms with Crippen LogP contribution in [0.2, 0.25) is 0 Å². The van der Waals surface area contributed by atoms with Crippen molar-refractivity contribution in [2.45, 2.75) is 57.0 Å². The number of para-hydroxylation sites is 1. The molecule has 2 aliphatic heterocycles. The van der Waals surface area contributed by atoms with Crippen LogP contribution in [-0.2, 0) is 10.2 Å². The zero-order chi connectivity index (χ0) is 26.2. The summed E-state index contributed by atoms with van der Waals surface area (Å²) in [6.45, 7) is 7.73. The highest BCUT2D eigenvalue weighted by atomic mass is 79.9. The van der Waals surface area contributed by atoms with E-state index in [1.54, 1.807) is 12.1 Å². The van der Waals surface area contributed by atoms with Crippen molar-refractivity contribution >= 4 is 40.2 Å². The van der Waals surface area contributed by atoms with E-state index in [1.165, 1.54) is 36.2 Å². The Morgan fingerprint density at radius 3 is 2.49 bits per heavy atom. The van der Waals surface area contributed by atoms with Gasteiger partial charge in [0.05, 0.1) is 31.0 Å². The Kier molecular flexibility index (Phi) is 7.65. The summed E-state index contributed by atoms with van der Waals surface area (Å²) in [4.78, 5) is 13.4. The molecule has 0 unspecified atom stereocenters. The molecule has 0 radical (unpaired) electrons. The quantitative estimate of drug-likeness (QED) is 0.201. The molecule has 9 heteroatoms. The maximum absolute atomic E-state index is 11.4. The second-order valence-electron chi connectivity index (χ2n) is 10.8. The van der Waals surface area contributed by atoms with E-state index >= 15 is 0 Å². The van der Waals surface area contributed by atoms with E-state index < -0.39 is 7.21 Å². The third-order valence-electron chi connectivity index (χ3n) is 8.22. The zero-order valence-electron chi connectivity index (χ0n) is 21.9. The van der Waals surface area contributed by atoms with Crippen LogP contribution in [0.5, 0.6) is 0 Å². The minimum Gasteiger partial charge on any atom is -0.379 e. The van der Waals surface area contributed by atoms with Gasteiger partial charge in [-0.1, -0.05) is 51.3 Å². The number of nitrogens with zero attached hydrogens (tertiary/aromatic N) is 4. The molecule has 2 heterocycles. The van der Waals surface area contributed by atoms with Crippen LogP contribution in [0.3, 0.4) is 0 Å². The molecule has 5 rings (SSSR count). The normalized spacial score (nSPS) is 23.0. The van der Waals surface area contributed by atoms with E-state index in [0.717, 1.165) is 31.6 Å². The average Bonchev–Trinajstić information content (AvgIpc) is 3.10. The summed E-state index contributed by atoms with van der Waals surface area (Å²) in [7, 11) is -0.0782. The molecular formula is C28H36BrN4O3P. The number of hydrogen-bond acceptors (Lipinski definition) is 5. The van der Waals surface area contributed by atoms with Gasteiger partial charge in [-0.15, -0.1) is 0 Å². The second-order valence-corrected chi connectivity index (χ2v) is 14.8. The molecule has 1 atom stereocenters. The molecule has 0 bridgehead atoms. The van der Waals surface area contributed by atoms with E-state index in [0.29, 0.717) is 23.3 Å². The topological polar surface area (TPSA) is 71.2 Å². The van der Waals surface area contributed by atoms with Crippen molar-refractivity contribution in [3.63, 3.8) is 0 Å². The van der Waals surface area contributed by atoms with Gasteiger partial charge >= 0.3 is 0 Å². The maximum Gasteiger partial charge on any atom is 0.270 e. The van der Waals surface area contributed by atoms with Crippen molar-refractivity contribution < 1.29 is 9.66 Å². The number of nitro benzene ring substituents is 1. The van der Waals surface area contributed by atoms with Crippen LogP contribution < -0.4 is 4.90 Å². The molecule has 1 saturated heterocycles. The summed E-state index contributed by atoms with van der Waals surface area (Å²) in [5.41, 5.74) is 5.04. The van der Waals surface area contributed by atoms with Gasteiger partial charge in [-0.2, -0.15) is 0 Å². The third-order valence-corrected chi connectivity index (χ3v) is 12.9. The highest BCUT2D eigenvalue weighted by Gasteiger charge is 2.43. The third kappa shape index (κ3) is 4.94. The molecule has 37 heavy (non-hydrogen) atoms. The smallest absolute Gasteiger partial charge is 0.270 e. The molecule has 3 aliphatic rings. The number of morpholine rings is 1. The van der Waals surface area contributed by atoms with Crippen molar-refractivity contribution in [1.29, 1.82) is 0 Å². The first-order valence-corrected chi connectivity index (χ1v) is 15.8. The largest absolute Gasteiger partial charge is 0.379 e. The minimum atomic E-state index is -2.25. The molecule has 0 N–H and O–H groups in total. The van der Waals surface area contributed by atoms with Gasteiger partial charge in [0.25, 0.3) is 5.69 Å². The molecule has 1 aliphatic carbocycles. The standard InChI is InChI=1S/C28H36BrN4O3P/c1-28(2)23-11-7-8-12-26(23)31(3)27(28)20-37(22-9-5-4-6-10-22,32-15-17-36-18-16-32)30-25-14-13-21(33(34)35)19-24(25)29/h7-8,11-14,19-20,22H,4-6,9-10,15-18H2,1-3H3/b27-20-/t37-/m0/s1. The van der Waals surface area contributed by atoms with Crippen LogP contribution in [0.4, 0.5) is 17.1 Å². The number of nitro groups is 1. The molecule has 2 aromatic rings. The number of anilines is 1. The van der Waals surface area contributed by atoms with E-state index in [9.17, 15) is 10.1 Å².